The van der Waals surface area contributed by atoms with Gasteiger partial charge in [0.1, 0.15) is 0 Å². The van der Waals surface area contributed by atoms with Crippen molar-refractivity contribution in [3.8, 4) is 5.69 Å². The average molecular weight is 291 g/mol. The molecule has 3 nitrogen and oxygen atoms in total. The summed E-state index contributed by atoms with van der Waals surface area (Å²) in [6, 6.07) is 18.3. The lowest BCUT2D eigenvalue weighted by atomic mass is 9.91. The molecule has 0 amide bonds. The number of rotatable bonds is 2. The summed E-state index contributed by atoms with van der Waals surface area (Å²) < 4.78 is 1.93. The van der Waals surface area contributed by atoms with E-state index in [0.717, 1.165) is 28.1 Å². The molecule has 1 aromatic heterocycles. The summed E-state index contributed by atoms with van der Waals surface area (Å²) >= 11 is 0. The van der Waals surface area contributed by atoms with Crippen molar-refractivity contribution < 1.29 is 0 Å². The predicted molar refractivity (Wildman–Crippen MR) is 93.3 cm³/mol. The van der Waals surface area contributed by atoms with Crippen LogP contribution in [0.5, 0.6) is 0 Å². The van der Waals surface area contributed by atoms with Gasteiger partial charge in [0.05, 0.1) is 11.2 Å². The van der Waals surface area contributed by atoms with Crippen LogP contribution in [0.1, 0.15) is 27.7 Å². The lowest BCUT2D eigenvalue weighted by Gasteiger charge is -2.18. The van der Waals surface area contributed by atoms with Crippen LogP contribution in [-0.2, 0) is 0 Å². The maximum Gasteiger partial charge on any atom is 0.163 e. The number of hydrogen-bond acceptors (Lipinski definition) is 2. The largest absolute Gasteiger partial charge is 0.237 e. The third-order valence-corrected chi connectivity index (χ3v) is 3.91. The van der Waals surface area contributed by atoms with E-state index >= 15 is 0 Å². The molecule has 1 heterocycles. The molecule has 0 aliphatic carbocycles. The van der Waals surface area contributed by atoms with Crippen molar-refractivity contribution in [3.63, 3.8) is 0 Å². The standard InChI is InChI=1S/C19H21N3/c1-14(19(2,3)4)20-18-16-12-8-9-13-17(16)21-22(18)15-10-6-5-7-11-15/h5-13H,1-4H3/b20-14+. The summed E-state index contributed by atoms with van der Waals surface area (Å²) in [7, 11) is 0. The third kappa shape index (κ3) is 2.67. The second-order valence-electron chi connectivity index (χ2n) is 6.54. The number of para-hydroxylation sites is 1. The van der Waals surface area contributed by atoms with Crippen molar-refractivity contribution in [2.45, 2.75) is 27.7 Å². The van der Waals surface area contributed by atoms with Crippen molar-refractivity contribution in [3.05, 3.63) is 54.6 Å². The van der Waals surface area contributed by atoms with Gasteiger partial charge in [-0.15, -0.1) is 0 Å². The van der Waals surface area contributed by atoms with E-state index in [2.05, 4.69) is 45.9 Å². The van der Waals surface area contributed by atoms with Gasteiger partial charge in [-0.1, -0.05) is 51.1 Å². The molecule has 0 N–H and O–H groups in total. The van der Waals surface area contributed by atoms with Gasteiger partial charge in [0.15, 0.2) is 5.82 Å². The zero-order valence-corrected chi connectivity index (χ0v) is 13.5. The Morgan fingerprint density at radius 2 is 1.59 bits per heavy atom. The molecule has 112 valence electrons. The summed E-state index contributed by atoms with van der Waals surface area (Å²) in [5.41, 5.74) is 3.12. The predicted octanol–water partition coefficient (Wildman–Crippen LogP) is 5.16. The Morgan fingerprint density at radius 3 is 2.27 bits per heavy atom. The Labute approximate surface area is 131 Å². The van der Waals surface area contributed by atoms with E-state index in [1.165, 1.54) is 0 Å². The average Bonchev–Trinajstić information content (AvgIpc) is 2.86. The van der Waals surface area contributed by atoms with Gasteiger partial charge in [-0.2, -0.15) is 5.10 Å². The zero-order chi connectivity index (χ0) is 15.7. The van der Waals surface area contributed by atoms with E-state index in [4.69, 9.17) is 10.1 Å². The maximum atomic E-state index is 4.91. The van der Waals surface area contributed by atoms with Crippen LogP contribution in [0.15, 0.2) is 59.6 Å². The highest BCUT2D eigenvalue weighted by atomic mass is 15.3. The topological polar surface area (TPSA) is 30.2 Å². The highest BCUT2D eigenvalue weighted by Crippen LogP contribution is 2.30. The quantitative estimate of drug-likeness (QED) is 0.599. The summed E-state index contributed by atoms with van der Waals surface area (Å²) in [5, 5.41) is 5.81. The van der Waals surface area contributed by atoms with Gasteiger partial charge in [-0.05, 0) is 31.2 Å². The molecule has 22 heavy (non-hydrogen) atoms. The van der Waals surface area contributed by atoms with Crippen molar-refractivity contribution in [1.29, 1.82) is 0 Å². The molecule has 0 saturated carbocycles. The fourth-order valence-electron chi connectivity index (χ4n) is 2.20. The Morgan fingerprint density at radius 1 is 0.955 bits per heavy atom. The van der Waals surface area contributed by atoms with Crippen molar-refractivity contribution in [2.75, 3.05) is 0 Å². The van der Waals surface area contributed by atoms with Gasteiger partial charge in [0, 0.05) is 16.5 Å². The minimum absolute atomic E-state index is 0.0346. The lowest BCUT2D eigenvalue weighted by molar-refractivity contribution is 0.587. The van der Waals surface area contributed by atoms with Gasteiger partial charge < -0.3 is 0 Å². The van der Waals surface area contributed by atoms with Gasteiger partial charge in [0.25, 0.3) is 0 Å². The molecule has 0 aliphatic rings. The monoisotopic (exact) mass is 291 g/mol. The Kier molecular flexibility index (Phi) is 3.57. The van der Waals surface area contributed by atoms with E-state index in [9.17, 15) is 0 Å². The van der Waals surface area contributed by atoms with Crippen molar-refractivity contribution in [2.24, 2.45) is 10.4 Å². The second kappa shape index (κ2) is 5.41. The fraction of sp³-hybridized carbons (Fsp3) is 0.263. The molecule has 0 atom stereocenters. The number of nitrogens with zero attached hydrogens (tertiary/aromatic N) is 3. The van der Waals surface area contributed by atoms with Gasteiger partial charge >= 0.3 is 0 Å². The summed E-state index contributed by atoms with van der Waals surface area (Å²) in [6.45, 7) is 8.61. The summed E-state index contributed by atoms with van der Waals surface area (Å²) in [5.74, 6) is 0.897. The summed E-state index contributed by atoms with van der Waals surface area (Å²) in [6.07, 6.45) is 0. The normalized spacial score (nSPS) is 12.8. The van der Waals surface area contributed by atoms with Gasteiger partial charge in [0.2, 0.25) is 0 Å². The highest BCUT2D eigenvalue weighted by molar-refractivity contribution is 5.95. The van der Waals surface area contributed by atoms with Gasteiger partial charge in [-0.25, -0.2) is 9.67 Å². The Balaban J connectivity index is 2.27. The molecule has 3 heteroatoms. The first-order valence-corrected chi connectivity index (χ1v) is 7.56. The summed E-state index contributed by atoms with van der Waals surface area (Å²) in [4.78, 5) is 4.91. The molecule has 2 aromatic carbocycles. The van der Waals surface area contributed by atoms with Crippen LogP contribution < -0.4 is 0 Å². The van der Waals surface area contributed by atoms with E-state index < -0.39 is 0 Å². The molecule has 0 bridgehead atoms. The molecule has 0 unspecified atom stereocenters. The van der Waals surface area contributed by atoms with Gasteiger partial charge in [-0.3, -0.25) is 0 Å². The first-order chi connectivity index (χ1) is 10.5. The highest BCUT2D eigenvalue weighted by Gasteiger charge is 2.17. The zero-order valence-electron chi connectivity index (χ0n) is 13.5. The smallest absolute Gasteiger partial charge is 0.163 e. The third-order valence-electron chi connectivity index (χ3n) is 3.91. The maximum absolute atomic E-state index is 4.91. The number of fused-ring (bicyclic) bond motifs is 1. The van der Waals surface area contributed by atoms with E-state index in [-0.39, 0.29) is 5.41 Å². The lowest BCUT2D eigenvalue weighted by Crippen LogP contribution is -2.16. The van der Waals surface area contributed by atoms with E-state index in [1.807, 2.05) is 41.1 Å². The van der Waals surface area contributed by atoms with Crippen LogP contribution >= 0.6 is 0 Å². The fourth-order valence-corrected chi connectivity index (χ4v) is 2.20. The molecule has 3 aromatic rings. The Hall–Kier alpha value is -2.42. The molecular weight excluding hydrogens is 270 g/mol. The number of hydrogen-bond donors (Lipinski definition) is 0. The molecule has 0 radical (unpaired) electrons. The minimum atomic E-state index is 0.0346. The number of benzene rings is 2. The Bertz CT molecular complexity index is 821. The number of aromatic nitrogens is 2. The van der Waals surface area contributed by atoms with E-state index in [1.54, 1.807) is 0 Å². The minimum Gasteiger partial charge on any atom is -0.237 e. The molecule has 0 fully saturated rings. The molecule has 0 aliphatic heterocycles. The number of aliphatic imine (C=N–C) groups is 1. The first-order valence-electron chi connectivity index (χ1n) is 7.56. The molecule has 0 spiro atoms. The van der Waals surface area contributed by atoms with Crippen LogP contribution in [0.3, 0.4) is 0 Å². The van der Waals surface area contributed by atoms with Crippen LogP contribution in [0, 0.1) is 5.41 Å². The van der Waals surface area contributed by atoms with Crippen LogP contribution in [0.2, 0.25) is 0 Å². The second-order valence-corrected chi connectivity index (χ2v) is 6.54. The first kappa shape index (κ1) is 14.5. The van der Waals surface area contributed by atoms with Crippen LogP contribution in [0.25, 0.3) is 16.6 Å². The van der Waals surface area contributed by atoms with Crippen molar-refractivity contribution >= 4 is 22.4 Å². The van der Waals surface area contributed by atoms with Crippen molar-refractivity contribution in [1.82, 2.24) is 9.78 Å². The van der Waals surface area contributed by atoms with Crippen LogP contribution in [0.4, 0.5) is 5.82 Å². The van der Waals surface area contributed by atoms with E-state index in [0.29, 0.717) is 0 Å². The molecular formula is C19H21N3. The van der Waals surface area contributed by atoms with Crippen LogP contribution in [-0.4, -0.2) is 15.5 Å². The molecule has 0 saturated heterocycles. The SMILES string of the molecule is C/C(=N\c1c2ccccc2nn1-c1ccccc1)C(C)(C)C. The molecule has 3 rings (SSSR count).